The summed E-state index contributed by atoms with van der Waals surface area (Å²) < 4.78 is 0. The normalized spacial score (nSPS) is 18.4. The summed E-state index contributed by atoms with van der Waals surface area (Å²) in [6.07, 6.45) is 5.96. The van der Waals surface area contributed by atoms with Crippen LogP contribution in [0.15, 0.2) is 53.4 Å². The van der Waals surface area contributed by atoms with E-state index in [0.717, 1.165) is 6.42 Å². The minimum atomic E-state index is -0.242. The van der Waals surface area contributed by atoms with Gasteiger partial charge < -0.3 is 0 Å². The molecule has 0 saturated carbocycles. The van der Waals surface area contributed by atoms with Gasteiger partial charge in [0.05, 0.1) is 0 Å². The van der Waals surface area contributed by atoms with Gasteiger partial charge in [-0.2, -0.15) is 0 Å². The lowest BCUT2D eigenvalue weighted by molar-refractivity contribution is 0.693. The van der Waals surface area contributed by atoms with E-state index in [1.165, 1.54) is 5.30 Å². The number of allylic oxidation sites excluding steroid dienone is 4. The lowest BCUT2D eigenvalue weighted by Crippen LogP contribution is -2.31. The molecule has 2 heteroatoms. The molecule has 1 aromatic rings. The quantitative estimate of drug-likeness (QED) is 0.502. The zero-order chi connectivity index (χ0) is 18.1. The molecule has 2 rings (SSSR count). The third-order valence-corrected chi connectivity index (χ3v) is 11.0. The Morgan fingerprint density at radius 3 is 1.96 bits per heavy atom. The Morgan fingerprint density at radius 2 is 1.46 bits per heavy atom. The number of rotatable bonds is 4. The SMILES string of the molecule is CC(C1=C(P(C)c2ccccc2)C=CC1)P(C(C)(C)C)C(C)(C)C. The van der Waals surface area contributed by atoms with Crippen molar-refractivity contribution >= 4 is 21.1 Å². The molecule has 2 atom stereocenters. The van der Waals surface area contributed by atoms with Crippen molar-refractivity contribution in [1.29, 1.82) is 0 Å². The molecule has 1 aliphatic carbocycles. The Balaban J connectivity index is 2.41. The highest BCUT2D eigenvalue weighted by molar-refractivity contribution is 7.69. The molecule has 2 unspecified atom stereocenters. The van der Waals surface area contributed by atoms with Crippen LogP contribution in [0.3, 0.4) is 0 Å². The van der Waals surface area contributed by atoms with E-state index in [-0.39, 0.29) is 15.8 Å². The first-order chi connectivity index (χ1) is 11.0. The molecule has 0 aliphatic heterocycles. The van der Waals surface area contributed by atoms with Crippen LogP contribution in [-0.2, 0) is 0 Å². The lowest BCUT2D eigenvalue weighted by atomic mass is 10.2. The largest absolute Gasteiger partial charge is 0.0885 e. The van der Waals surface area contributed by atoms with Crippen molar-refractivity contribution in [2.24, 2.45) is 0 Å². The second-order valence-corrected chi connectivity index (χ2v) is 15.1. The molecule has 0 spiro atoms. The molecule has 1 aliphatic rings. The van der Waals surface area contributed by atoms with Crippen molar-refractivity contribution in [3.8, 4) is 0 Å². The Hall–Kier alpha value is -0.440. The van der Waals surface area contributed by atoms with Gasteiger partial charge in [0, 0.05) is 0 Å². The minimum Gasteiger partial charge on any atom is -0.0885 e. The fourth-order valence-electron chi connectivity index (χ4n) is 4.34. The molecule has 24 heavy (non-hydrogen) atoms. The van der Waals surface area contributed by atoms with Crippen LogP contribution >= 0.6 is 15.8 Å². The van der Waals surface area contributed by atoms with Gasteiger partial charge in [0.15, 0.2) is 0 Å². The van der Waals surface area contributed by atoms with E-state index in [4.69, 9.17) is 0 Å². The van der Waals surface area contributed by atoms with Crippen LogP contribution in [0.4, 0.5) is 0 Å². The topological polar surface area (TPSA) is 0 Å². The molecule has 0 nitrogen and oxygen atoms in total. The maximum atomic E-state index is 2.50. The van der Waals surface area contributed by atoms with Crippen molar-refractivity contribution < 1.29 is 0 Å². The fourth-order valence-corrected chi connectivity index (χ4v) is 11.3. The first-order valence-corrected chi connectivity index (χ1v) is 12.2. The van der Waals surface area contributed by atoms with Crippen molar-refractivity contribution in [2.75, 3.05) is 6.66 Å². The molecule has 0 fully saturated rings. The van der Waals surface area contributed by atoms with E-state index in [9.17, 15) is 0 Å². The zero-order valence-electron chi connectivity index (χ0n) is 16.7. The number of hydrogen-bond acceptors (Lipinski definition) is 0. The predicted octanol–water partition coefficient (Wildman–Crippen LogP) is 7.11. The second-order valence-electron chi connectivity index (χ2n) is 8.80. The van der Waals surface area contributed by atoms with E-state index >= 15 is 0 Å². The van der Waals surface area contributed by atoms with Gasteiger partial charge in [-0.05, 0) is 47.6 Å². The van der Waals surface area contributed by atoms with Crippen LogP contribution in [-0.4, -0.2) is 22.6 Å². The van der Waals surface area contributed by atoms with Gasteiger partial charge in [0.2, 0.25) is 0 Å². The molecule has 0 heterocycles. The van der Waals surface area contributed by atoms with Crippen molar-refractivity contribution in [3.63, 3.8) is 0 Å². The smallest absolute Gasteiger partial charge is 0.000575 e. The van der Waals surface area contributed by atoms with Gasteiger partial charge in [-0.25, -0.2) is 0 Å². The molecular weight excluding hydrogens is 326 g/mol. The van der Waals surface area contributed by atoms with Gasteiger partial charge in [0.25, 0.3) is 0 Å². The van der Waals surface area contributed by atoms with E-state index in [1.54, 1.807) is 10.9 Å². The molecule has 0 saturated heterocycles. The zero-order valence-corrected chi connectivity index (χ0v) is 18.5. The summed E-state index contributed by atoms with van der Waals surface area (Å²) in [6, 6.07) is 11.1. The van der Waals surface area contributed by atoms with Crippen LogP contribution in [0.1, 0.15) is 54.9 Å². The Labute approximate surface area is 152 Å². The minimum absolute atomic E-state index is 0.123. The van der Waals surface area contributed by atoms with Crippen LogP contribution in [0.25, 0.3) is 0 Å². The van der Waals surface area contributed by atoms with Gasteiger partial charge >= 0.3 is 0 Å². The van der Waals surface area contributed by atoms with Gasteiger partial charge in [0.1, 0.15) is 0 Å². The molecule has 0 bridgehead atoms. The van der Waals surface area contributed by atoms with Crippen LogP contribution in [0, 0.1) is 0 Å². The summed E-state index contributed by atoms with van der Waals surface area (Å²) in [6.45, 7) is 19.6. The molecule has 1 aromatic carbocycles. The van der Waals surface area contributed by atoms with Crippen molar-refractivity contribution in [1.82, 2.24) is 0 Å². The molecule has 0 N–H and O–H groups in total. The van der Waals surface area contributed by atoms with Crippen LogP contribution in [0.2, 0.25) is 0 Å². The van der Waals surface area contributed by atoms with Crippen LogP contribution < -0.4 is 5.30 Å². The molecule has 0 amide bonds. The monoisotopic (exact) mass is 360 g/mol. The summed E-state index contributed by atoms with van der Waals surface area (Å²) in [7, 11) is -0.365. The van der Waals surface area contributed by atoms with E-state index in [1.807, 2.05) is 0 Å². The maximum Gasteiger partial charge on any atom is -0.000575 e. The maximum absolute atomic E-state index is 2.50. The first-order valence-electron chi connectivity index (χ1n) is 9.01. The van der Waals surface area contributed by atoms with Gasteiger partial charge in [-0.15, -0.1) is 0 Å². The predicted molar refractivity (Wildman–Crippen MR) is 116 cm³/mol. The summed E-state index contributed by atoms with van der Waals surface area (Å²) in [5.41, 5.74) is 2.39. The molecule has 0 aromatic heterocycles. The number of hydrogen-bond donors (Lipinski definition) is 0. The van der Waals surface area contributed by atoms with Gasteiger partial charge in [-0.1, -0.05) is 104 Å². The third kappa shape index (κ3) is 4.39. The standard InChI is InChI=1S/C22H34P2/c1-17(24(21(2,3)4)22(5,6)7)19-15-12-16-20(19)23(8)18-13-10-9-11-14-18/h9-14,16-17H,15H2,1-8H3. The highest BCUT2D eigenvalue weighted by Crippen LogP contribution is 2.65. The average molecular weight is 360 g/mol. The van der Waals surface area contributed by atoms with Crippen LogP contribution in [0.5, 0.6) is 0 Å². The molecule has 132 valence electrons. The highest BCUT2D eigenvalue weighted by Gasteiger charge is 2.40. The average Bonchev–Trinajstić information content (AvgIpc) is 2.93. The third-order valence-electron chi connectivity index (χ3n) is 4.78. The highest BCUT2D eigenvalue weighted by atomic mass is 31.1. The van der Waals surface area contributed by atoms with E-state index < -0.39 is 0 Å². The lowest BCUT2D eigenvalue weighted by Gasteiger charge is -2.46. The molecule has 0 radical (unpaired) electrons. The van der Waals surface area contributed by atoms with E-state index in [0.29, 0.717) is 16.0 Å². The van der Waals surface area contributed by atoms with Crippen molar-refractivity contribution in [3.05, 3.63) is 53.4 Å². The Bertz CT molecular complexity index is 598. The Kier molecular flexibility index (Phi) is 6.16. The summed E-state index contributed by atoms with van der Waals surface area (Å²) >= 11 is 0. The number of benzene rings is 1. The van der Waals surface area contributed by atoms with E-state index in [2.05, 4.69) is 97.6 Å². The summed E-state index contributed by atoms with van der Waals surface area (Å²) in [5.74, 6) is 0. The second kappa shape index (κ2) is 7.43. The molecular formula is C22H34P2. The summed E-state index contributed by atoms with van der Waals surface area (Å²) in [4.78, 5) is 0. The van der Waals surface area contributed by atoms with Crippen molar-refractivity contribution in [2.45, 2.75) is 70.9 Å². The first kappa shape index (κ1) is 19.9. The van der Waals surface area contributed by atoms with Gasteiger partial charge in [-0.3, -0.25) is 0 Å². The fraction of sp³-hybridized carbons (Fsp3) is 0.545. The summed E-state index contributed by atoms with van der Waals surface area (Å²) in [5, 5.41) is 3.87. The Morgan fingerprint density at radius 1 is 0.917 bits per heavy atom.